The molecule has 1 unspecified atom stereocenters. The number of nitrogens with one attached hydrogen (secondary N) is 2. The lowest BCUT2D eigenvalue weighted by Gasteiger charge is -2.12. The summed E-state index contributed by atoms with van der Waals surface area (Å²) in [4.78, 5) is 21.9. The van der Waals surface area contributed by atoms with Gasteiger partial charge in [-0.1, -0.05) is 6.92 Å². The van der Waals surface area contributed by atoms with Gasteiger partial charge in [-0.15, -0.1) is 0 Å². The highest BCUT2D eigenvalue weighted by Crippen LogP contribution is 1.99. The molecule has 3 N–H and O–H groups in total. The van der Waals surface area contributed by atoms with Crippen molar-refractivity contribution in [2.45, 2.75) is 33.3 Å². The van der Waals surface area contributed by atoms with Crippen molar-refractivity contribution < 1.29 is 19.4 Å². The van der Waals surface area contributed by atoms with Crippen molar-refractivity contribution in [1.29, 1.82) is 0 Å². The second kappa shape index (κ2) is 8.81. The number of rotatable bonds is 8. The van der Waals surface area contributed by atoms with Crippen LogP contribution in [-0.4, -0.2) is 42.9 Å². The normalized spacial score (nSPS) is 12.2. The molecule has 0 bridgehead atoms. The first-order valence-electron chi connectivity index (χ1n) is 5.83. The Morgan fingerprint density at radius 3 is 2.41 bits per heavy atom. The number of aliphatic carboxylic acids is 1. The van der Waals surface area contributed by atoms with Gasteiger partial charge in [-0.2, -0.15) is 0 Å². The van der Waals surface area contributed by atoms with Gasteiger partial charge in [0.25, 0.3) is 0 Å². The van der Waals surface area contributed by atoms with E-state index in [1.54, 1.807) is 6.92 Å². The molecule has 0 aromatic carbocycles. The Morgan fingerprint density at radius 2 is 1.94 bits per heavy atom. The predicted molar refractivity (Wildman–Crippen MR) is 63.9 cm³/mol. The topological polar surface area (TPSA) is 87.7 Å². The summed E-state index contributed by atoms with van der Waals surface area (Å²) in [6.07, 6.45) is 0.628. The Kier molecular flexibility index (Phi) is 8.13. The fourth-order valence-corrected chi connectivity index (χ4v) is 1.14. The van der Waals surface area contributed by atoms with Crippen molar-refractivity contribution in [3.05, 3.63) is 0 Å². The van der Waals surface area contributed by atoms with Gasteiger partial charge in [-0.05, 0) is 20.3 Å². The maximum absolute atomic E-state index is 11.3. The standard InChI is InChI=1S/C11H22N2O4/c1-4-9(10(14)15)7-13-11(16)12-5-6-17-8(2)3/h8-9H,4-7H2,1-3H3,(H,14,15)(H2,12,13,16). The van der Waals surface area contributed by atoms with Gasteiger partial charge < -0.3 is 20.5 Å². The van der Waals surface area contributed by atoms with E-state index < -0.39 is 11.9 Å². The van der Waals surface area contributed by atoms with E-state index in [0.717, 1.165) is 0 Å². The van der Waals surface area contributed by atoms with Crippen LogP contribution in [0.3, 0.4) is 0 Å². The first-order chi connectivity index (χ1) is 7.97. The molecule has 0 rings (SSSR count). The number of carbonyl (C=O) groups excluding carboxylic acids is 1. The molecule has 0 aromatic rings. The summed E-state index contributed by atoms with van der Waals surface area (Å²) in [5, 5.41) is 13.9. The lowest BCUT2D eigenvalue weighted by atomic mass is 10.1. The molecule has 0 saturated carbocycles. The average Bonchev–Trinajstić information content (AvgIpc) is 2.24. The zero-order chi connectivity index (χ0) is 13.3. The summed E-state index contributed by atoms with van der Waals surface area (Å²) in [6, 6.07) is -0.364. The highest BCUT2D eigenvalue weighted by molar-refractivity contribution is 5.75. The van der Waals surface area contributed by atoms with E-state index in [0.29, 0.717) is 19.6 Å². The third kappa shape index (κ3) is 8.50. The van der Waals surface area contributed by atoms with Crippen molar-refractivity contribution in [2.75, 3.05) is 19.7 Å². The molecule has 100 valence electrons. The van der Waals surface area contributed by atoms with E-state index in [1.807, 2.05) is 13.8 Å². The first-order valence-corrected chi connectivity index (χ1v) is 5.83. The number of hydrogen-bond acceptors (Lipinski definition) is 3. The van der Waals surface area contributed by atoms with Gasteiger partial charge in [-0.3, -0.25) is 4.79 Å². The van der Waals surface area contributed by atoms with Gasteiger partial charge in [0, 0.05) is 13.1 Å². The van der Waals surface area contributed by atoms with Crippen molar-refractivity contribution >= 4 is 12.0 Å². The summed E-state index contributed by atoms with van der Waals surface area (Å²) in [5.74, 6) is -1.43. The maximum atomic E-state index is 11.3. The number of carboxylic acids is 1. The monoisotopic (exact) mass is 246 g/mol. The number of ether oxygens (including phenoxy) is 1. The third-order valence-electron chi connectivity index (χ3n) is 2.19. The Bertz CT molecular complexity index is 244. The Hall–Kier alpha value is -1.30. The molecule has 0 aliphatic heterocycles. The minimum atomic E-state index is -0.893. The molecule has 0 heterocycles. The molecule has 6 nitrogen and oxygen atoms in total. The van der Waals surface area contributed by atoms with E-state index in [1.165, 1.54) is 0 Å². The van der Waals surface area contributed by atoms with Gasteiger partial charge in [0.05, 0.1) is 18.6 Å². The van der Waals surface area contributed by atoms with Gasteiger partial charge >= 0.3 is 12.0 Å². The SMILES string of the molecule is CCC(CNC(=O)NCCOC(C)C)C(=O)O. The summed E-state index contributed by atoms with van der Waals surface area (Å²) in [7, 11) is 0. The van der Waals surface area contributed by atoms with Crippen LogP contribution in [0.15, 0.2) is 0 Å². The molecule has 2 amide bonds. The van der Waals surface area contributed by atoms with Crippen molar-refractivity contribution in [3.63, 3.8) is 0 Å². The summed E-state index contributed by atoms with van der Waals surface area (Å²) in [6.45, 7) is 6.60. The highest BCUT2D eigenvalue weighted by Gasteiger charge is 2.15. The molecule has 0 fully saturated rings. The van der Waals surface area contributed by atoms with Crippen LogP contribution < -0.4 is 10.6 Å². The lowest BCUT2D eigenvalue weighted by Crippen LogP contribution is -2.41. The molecule has 1 atom stereocenters. The zero-order valence-electron chi connectivity index (χ0n) is 10.7. The van der Waals surface area contributed by atoms with Crippen LogP contribution in [0.25, 0.3) is 0 Å². The number of hydrogen-bond donors (Lipinski definition) is 3. The molecule has 0 aliphatic rings. The molecule has 17 heavy (non-hydrogen) atoms. The van der Waals surface area contributed by atoms with E-state index >= 15 is 0 Å². The number of carboxylic acid groups (broad SMARTS) is 1. The maximum Gasteiger partial charge on any atom is 0.314 e. The van der Waals surface area contributed by atoms with Crippen molar-refractivity contribution in [3.8, 4) is 0 Å². The molecule has 0 radical (unpaired) electrons. The van der Waals surface area contributed by atoms with Crippen LogP contribution in [0.1, 0.15) is 27.2 Å². The summed E-state index contributed by atoms with van der Waals surface area (Å²) < 4.78 is 5.24. The van der Waals surface area contributed by atoms with E-state index in [-0.39, 0.29) is 18.7 Å². The van der Waals surface area contributed by atoms with Gasteiger partial charge in [-0.25, -0.2) is 4.79 Å². The van der Waals surface area contributed by atoms with Crippen LogP contribution in [0, 0.1) is 5.92 Å². The molecule has 0 saturated heterocycles. The minimum absolute atomic E-state index is 0.136. The highest BCUT2D eigenvalue weighted by atomic mass is 16.5. The smallest absolute Gasteiger partial charge is 0.314 e. The van der Waals surface area contributed by atoms with E-state index in [9.17, 15) is 9.59 Å². The molecule has 0 spiro atoms. The zero-order valence-corrected chi connectivity index (χ0v) is 10.7. The average molecular weight is 246 g/mol. The second-order valence-corrected chi connectivity index (χ2v) is 4.00. The van der Waals surface area contributed by atoms with Crippen molar-refractivity contribution in [2.24, 2.45) is 5.92 Å². The number of urea groups is 1. The summed E-state index contributed by atoms with van der Waals surface area (Å²) >= 11 is 0. The lowest BCUT2D eigenvalue weighted by molar-refractivity contribution is -0.141. The van der Waals surface area contributed by atoms with Crippen LogP contribution in [-0.2, 0) is 9.53 Å². The Morgan fingerprint density at radius 1 is 1.29 bits per heavy atom. The molecule has 6 heteroatoms. The molecule has 0 aliphatic carbocycles. The number of amides is 2. The number of carbonyl (C=O) groups is 2. The summed E-state index contributed by atoms with van der Waals surface area (Å²) in [5.41, 5.74) is 0. The van der Waals surface area contributed by atoms with Gasteiger partial charge in [0.15, 0.2) is 0 Å². The third-order valence-corrected chi connectivity index (χ3v) is 2.19. The largest absolute Gasteiger partial charge is 0.481 e. The van der Waals surface area contributed by atoms with Gasteiger partial charge in [0.1, 0.15) is 0 Å². The van der Waals surface area contributed by atoms with Crippen molar-refractivity contribution in [1.82, 2.24) is 10.6 Å². The fourth-order valence-electron chi connectivity index (χ4n) is 1.14. The van der Waals surface area contributed by atoms with E-state index in [4.69, 9.17) is 9.84 Å². The van der Waals surface area contributed by atoms with Gasteiger partial charge in [0.2, 0.25) is 0 Å². The predicted octanol–water partition coefficient (Wildman–Crippen LogP) is 0.821. The molecular formula is C11H22N2O4. The minimum Gasteiger partial charge on any atom is -0.481 e. The van der Waals surface area contributed by atoms with Crippen LogP contribution in [0.4, 0.5) is 4.79 Å². The molecular weight excluding hydrogens is 224 g/mol. The molecule has 0 aromatic heterocycles. The Balaban J connectivity index is 3.62. The second-order valence-electron chi connectivity index (χ2n) is 4.00. The first kappa shape index (κ1) is 15.7. The van der Waals surface area contributed by atoms with E-state index in [2.05, 4.69) is 10.6 Å². The van der Waals surface area contributed by atoms with Crippen LogP contribution in [0.5, 0.6) is 0 Å². The quantitative estimate of drug-likeness (QED) is 0.553. The Labute approximate surface area is 102 Å². The van der Waals surface area contributed by atoms with Crippen LogP contribution >= 0.6 is 0 Å². The fraction of sp³-hybridized carbons (Fsp3) is 0.818. The van der Waals surface area contributed by atoms with Crippen LogP contribution in [0.2, 0.25) is 0 Å².